The summed E-state index contributed by atoms with van der Waals surface area (Å²) in [4.78, 5) is 7.60. The van der Waals surface area contributed by atoms with E-state index in [9.17, 15) is 5.11 Å². The standard InChI is InChI=1S/C23H38N4O/c1-3-24-23(26-20-9-11-21(28)12-10-20)25-17-22(19-7-5-4-6-8-19)27-15-13-18(2)14-16-27/h4-8,18,20-22,28H,3,9-17H2,1-2H3,(H2,24,25,26). The Morgan fingerprint density at radius 3 is 2.43 bits per heavy atom. The highest BCUT2D eigenvalue weighted by Crippen LogP contribution is 2.27. The third kappa shape index (κ3) is 6.21. The third-order valence-electron chi connectivity index (χ3n) is 6.25. The van der Waals surface area contributed by atoms with Crippen LogP contribution in [0, 0.1) is 5.92 Å². The number of rotatable bonds is 6. The number of aliphatic hydroxyl groups is 1. The molecule has 1 aromatic carbocycles. The van der Waals surface area contributed by atoms with Crippen molar-refractivity contribution in [3.05, 3.63) is 35.9 Å². The molecule has 28 heavy (non-hydrogen) atoms. The van der Waals surface area contributed by atoms with Crippen LogP contribution in [0.3, 0.4) is 0 Å². The third-order valence-corrected chi connectivity index (χ3v) is 6.25. The molecule has 2 aliphatic rings. The van der Waals surface area contributed by atoms with Crippen molar-refractivity contribution >= 4 is 5.96 Å². The summed E-state index contributed by atoms with van der Waals surface area (Å²) >= 11 is 0. The van der Waals surface area contributed by atoms with Crippen LogP contribution in [0.25, 0.3) is 0 Å². The van der Waals surface area contributed by atoms with Crippen LogP contribution in [0.1, 0.15) is 64.0 Å². The zero-order chi connectivity index (χ0) is 19.8. The Balaban J connectivity index is 1.68. The molecule has 1 saturated carbocycles. The predicted octanol–water partition coefficient (Wildman–Crippen LogP) is 3.32. The van der Waals surface area contributed by atoms with Gasteiger partial charge >= 0.3 is 0 Å². The van der Waals surface area contributed by atoms with Gasteiger partial charge in [0.2, 0.25) is 0 Å². The second-order valence-electron chi connectivity index (χ2n) is 8.51. The first-order valence-corrected chi connectivity index (χ1v) is 11.2. The van der Waals surface area contributed by atoms with E-state index in [-0.39, 0.29) is 6.10 Å². The van der Waals surface area contributed by atoms with Crippen LogP contribution < -0.4 is 10.6 Å². The number of hydrogen-bond donors (Lipinski definition) is 3. The maximum atomic E-state index is 9.75. The molecule has 3 N–H and O–H groups in total. The molecule has 0 bridgehead atoms. The first kappa shape index (κ1) is 21.1. The van der Waals surface area contributed by atoms with E-state index in [1.54, 1.807) is 0 Å². The SMILES string of the molecule is CCNC(=NCC(c1ccccc1)N1CCC(C)CC1)NC1CCC(O)CC1. The summed E-state index contributed by atoms with van der Waals surface area (Å²) in [6, 6.07) is 11.6. The number of aliphatic hydroxyl groups excluding tert-OH is 1. The summed E-state index contributed by atoms with van der Waals surface area (Å²) in [5, 5.41) is 16.8. The highest BCUT2D eigenvalue weighted by Gasteiger charge is 2.25. The van der Waals surface area contributed by atoms with E-state index in [4.69, 9.17) is 4.99 Å². The maximum absolute atomic E-state index is 9.75. The van der Waals surface area contributed by atoms with Crippen LogP contribution in [0.15, 0.2) is 35.3 Å². The number of likely N-dealkylation sites (tertiary alicyclic amines) is 1. The number of benzene rings is 1. The van der Waals surface area contributed by atoms with Gasteiger partial charge in [-0.25, -0.2) is 0 Å². The Hall–Kier alpha value is -1.59. The van der Waals surface area contributed by atoms with E-state index in [1.807, 2.05) is 0 Å². The van der Waals surface area contributed by atoms with Gasteiger partial charge in [0.1, 0.15) is 0 Å². The second kappa shape index (κ2) is 10.8. The van der Waals surface area contributed by atoms with Crippen molar-refractivity contribution in [2.24, 2.45) is 10.9 Å². The Labute approximate surface area is 170 Å². The van der Waals surface area contributed by atoms with Gasteiger partial charge in [-0.05, 0) is 70.0 Å². The van der Waals surface area contributed by atoms with E-state index < -0.39 is 0 Å². The van der Waals surface area contributed by atoms with Gasteiger partial charge in [0, 0.05) is 12.6 Å². The lowest BCUT2D eigenvalue weighted by atomic mass is 9.93. The average molecular weight is 387 g/mol. The quantitative estimate of drug-likeness (QED) is 0.518. The highest BCUT2D eigenvalue weighted by molar-refractivity contribution is 5.80. The van der Waals surface area contributed by atoms with Crippen molar-refractivity contribution in [1.82, 2.24) is 15.5 Å². The Kier molecular flexibility index (Phi) is 8.16. The summed E-state index contributed by atoms with van der Waals surface area (Å²) in [6.45, 7) is 8.41. The van der Waals surface area contributed by atoms with E-state index >= 15 is 0 Å². The molecule has 0 aromatic heterocycles. The largest absolute Gasteiger partial charge is 0.393 e. The summed E-state index contributed by atoms with van der Waals surface area (Å²) in [5.41, 5.74) is 1.36. The molecule has 1 atom stereocenters. The molecule has 1 aliphatic carbocycles. The van der Waals surface area contributed by atoms with Crippen LogP contribution in [0.2, 0.25) is 0 Å². The van der Waals surface area contributed by atoms with Gasteiger partial charge in [-0.15, -0.1) is 0 Å². The fourth-order valence-corrected chi connectivity index (χ4v) is 4.36. The molecule has 2 fully saturated rings. The van der Waals surface area contributed by atoms with E-state index in [0.29, 0.717) is 12.1 Å². The van der Waals surface area contributed by atoms with Gasteiger partial charge < -0.3 is 15.7 Å². The molecule has 1 aliphatic heterocycles. The average Bonchev–Trinajstić information content (AvgIpc) is 2.72. The molecule has 1 aromatic rings. The van der Waals surface area contributed by atoms with E-state index in [1.165, 1.54) is 18.4 Å². The minimum absolute atomic E-state index is 0.124. The maximum Gasteiger partial charge on any atom is 0.191 e. The van der Waals surface area contributed by atoms with Crippen LogP contribution in [0.5, 0.6) is 0 Å². The minimum Gasteiger partial charge on any atom is -0.393 e. The van der Waals surface area contributed by atoms with Crippen molar-refractivity contribution in [1.29, 1.82) is 0 Å². The smallest absolute Gasteiger partial charge is 0.191 e. The minimum atomic E-state index is -0.124. The van der Waals surface area contributed by atoms with Crippen molar-refractivity contribution in [3.63, 3.8) is 0 Å². The zero-order valence-electron chi connectivity index (χ0n) is 17.6. The Bertz CT molecular complexity index is 590. The molecule has 1 unspecified atom stereocenters. The number of piperidine rings is 1. The fourth-order valence-electron chi connectivity index (χ4n) is 4.36. The summed E-state index contributed by atoms with van der Waals surface area (Å²) < 4.78 is 0. The molecule has 5 nitrogen and oxygen atoms in total. The lowest BCUT2D eigenvalue weighted by molar-refractivity contribution is 0.120. The molecule has 3 rings (SSSR count). The molecule has 156 valence electrons. The van der Waals surface area contributed by atoms with E-state index in [0.717, 1.165) is 63.7 Å². The first-order chi connectivity index (χ1) is 13.7. The molecule has 1 heterocycles. The lowest BCUT2D eigenvalue weighted by Gasteiger charge is -2.36. The van der Waals surface area contributed by atoms with Gasteiger partial charge in [0.25, 0.3) is 0 Å². The molecule has 5 heteroatoms. The van der Waals surface area contributed by atoms with Crippen LogP contribution in [-0.2, 0) is 0 Å². The first-order valence-electron chi connectivity index (χ1n) is 11.2. The van der Waals surface area contributed by atoms with Crippen molar-refractivity contribution in [2.45, 2.75) is 70.6 Å². The molecular weight excluding hydrogens is 348 g/mol. The Morgan fingerprint density at radius 1 is 1.11 bits per heavy atom. The molecule has 0 amide bonds. The van der Waals surface area contributed by atoms with Gasteiger partial charge in [-0.3, -0.25) is 9.89 Å². The fraction of sp³-hybridized carbons (Fsp3) is 0.696. The number of hydrogen-bond acceptors (Lipinski definition) is 3. The molecule has 0 spiro atoms. The van der Waals surface area contributed by atoms with Crippen LogP contribution in [0.4, 0.5) is 0 Å². The van der Waals surface area contributed by atoms with Gasteiger partial charge in [-0.1, -0.05) is 37.3 Å². The van der Waals surface area contributed by atoms with E-state index in [2.05, 4.69) is 59.7 Å². The molecule has 1 saturated heterocycles. The summed E-state index contributed by atoms with van der Waals surface area (Å²) in [6.07, 6.45) is 6.22. The monoisotopic (exact) mass is 386 g/mol. The predicted molar refractivity (Wildman–Crippen MR) is 117 cm³/mol. The zero-order valence-corrected chi connectivity index (χ0v) is 17.6. The van der Waals surface area contributed by atoms with Gasteiger partial charge in [0.15, 0.2) is 5.96 Å². The topological polar surface area (TPSA) is 59.9 Å². The van der Waals surface area contributed by atoms with Gasteiger partial charge in [-0.2, -0.15) is 0 Å². The number of guanidine groups is 1. The Morgan fingerprint density at radius 2 is 1.79 bits per heavy atom. The number of nitrogens with zero attached hydrogens (tertiary/aromatic N) is 2. The second-order valence-corrected chi connectivity index (χ2v) is 8.51. The van der Waals surface area contributed by atoms with Crippen LogP contribution >= 0.6 is 0 Å². The normalized spacial score (nSPS) is 26.0. The van der Waals surface area contributed by atoms with Crippen molar-refractivity contribution < 1.29 is 5.11 Å². The molecular formula is C23H38N4O. The van der Waals surface area contributed by atoms with Gasteiger partial charge in [0.05, 0.1) is 18.7 Å². The molecule has 0 radical (unpaired) electrons. The summed E-state index contributed by atoms with van der Waals surface area (Å²) in [5.74, 6) is 1.74. The lowest BCUT2D eigenvalue weighted by Crippen LogP contribution is -2.46. The number of nitrogens with one attached hydrogen (secondary N) is 2. The van der Waals surface area contributed by atoms with Crippen molar-refractivity contribution in [2.75, 3.05) is 26.2 Å². The highest BCUT2D eigenvalue weighted by atomic mass is 16.3. The van der Waals surface area contributed by atoms with Crippen LogP contribution in [-0.4, -0.2) is 54.3 Å². The summed E-state index contributed by atoms with van der Waals surface area (Å²) in [7, 11) is 0. The number of aliphatic imine (C=N–C) groups is 1. The van der Waals surface area contributed by atoms with Crippen molar-refractivity contribution in [3.8, 4) is 0 Å².